The summed E-state index contributed by atoms with van der Waals surface area (Å²) in [5, 5.41) is 11.1. The Balaban J connectivity index is 2.51. The van der Waals surface area contributed by atoms with E-state index in [2.05, 4.69) is 15.4 Å². The summed E-state index contributed by atoms with van der Waals surface area (Å²) in [4.78, 5) is 1.09. The fourth-order valence-corrected chi connectivity index (χ4v) is 2.87. The van der Waals surface area contributed by atoms with Crippen LogP contribution in [0.1, 0.15) is 26.5 Å². The van der Waals surface area contributed by atoms with E-state index in [0.29, 0.717) is 25.3 Å². The first-order valence-corrected chi connectivity index (χ1v) is 9.17. The first kappa shape index (κ1) is 19.0. The summed E-state index contributed by atoms with van der Waals surface area (Å²) in [6.07, 6.45) is 0.603. The van der Waals surface area contributed by atoms with E-state index in [9.17, 15) is 17.4 Å². The molecule has 0 saturated carbocycles. The van der Waals surface area contributed by atoms with Gasteiger partial charge in [-0.3, -0.25) is 4.55 Å². The fraction of sp³-hybridized carbons (Fsp3) is 0.400. The van der Waals surface area contributed by atoms with E-state index in [1.54, 1.807) is 18.7 Å². The lowest BCUT2D eigenvalue weighted by molar-refractivity contribution is 0.388. The van der Waals surface area contributed by atoms with E-state index >= 15 is 0 Å². The molecule has 0 amide bonds. The van der Waals surface area contributed by atoms with Gasteiger partial charge in [-0.1, -0.05) is 12.1 Å². The predicted molar refractivity (Wildman–Crippen MR) is 89.8 cm³/mol. The van der Waals surface area contributed by atoms with Crippen molar-refractivity contribution in [2.45, 2.75) is 32.1 Å². The first-order valence-electron chi connectivity index (χ1n) is 7.73. The zero-order chi connectivity index (χ0) is 18.6. The van der Waals surface area contributed by atoms with Gasteiger partial charge in [0.1, 0.15) is 22.2 Å². The molecule has 0 aliphatic heterocycles. The minimum atomic E-state index is -4.62. The Morgan fingerprint density at radius 2 is 1.88 bits per heavy atom. The van der Waals surface area contributed by atoms with Crippen molar-refractivity contribution in [1.82, 2.24) is 5.16 Å². The highest BCUT2D eigenvalue weighted by Gasteiger charge is 2.21. The van der Waals surface area contributed by atoms with Gasteiger partial charge in [-0.15, -0.1) is 10.2 Å². The van der Waals surface area contributed by atoms with Crippen molar-refractivity contribution < 1.29 is 21.9 Å². The van der Waals surface area contributed by atoms with Gasteiger partial charge in [0.2, 0.25) is 5.82 Å². The smallest absolute Gasteiger partial charge is 0.296 e. The van der Waals surface area contributed by atoms with Crippen LogP contribution in [0.25, 0.3) is 0 Å². The van der Waals surface area contributed by atoms with Gasteiger partial charge >= 0.3 is 0 Å². The number of hydrogen-bond acceptors (Lipinski definition) is 7. The molecule has 0 radical (unpaired) electrons. The molecule has 1 aromatic carbocycles. The quantitative estimate of drug-likeness (QED) is 0.585. The van der Waals surface area contributed by atoms with Crippen LogP contribution < -0.4 is 4.90 Å². The van der Waals surface area contributed by atoms with Crippen LogP contribution in [0.5, 0.6) is 0 Å². The summed E-state index contributed by atoms with van der Waals surface area (Å²) in [7, 11) is -4.62. The molecule has 0 unspecified atom stereocenters. The van der Waals surface area contributed by atoms with E-state index in [1.165, 1.54) is 6.07 Å². The van der Waals surface area contributed by atoms with Crippen LogP contribution in [0.2, 0.25) is 0 Å². The number of benzene rings is 1. The number of anilines is 1. The molecule has 8 nitrogen and oxygen atoms in total. The Labute approximate surface area is 145 Å². The minimum Gasteiger partial charge on any atom is -0.370 e. The molecule has 25 heavy (non-hydrogen) atoms. The average molecular weight is 370 g/mol. The number of nitrogens with zero attached hydrogens (tertiary/aromatic N) is 4. The Morgan fingerprint density at radius 1 is 1.20 bits per heavy atom. The zero-order valence-corrected chi connectivity index (χ0v) is 14.9. The van der Waals surface area contributed by atoms with Gasteiger partial charge in [-0.2, -0.15) is 8.42 Å². The van der Waals surface area contributed by atoms with Crippen LogP contribution >= 0.6 is 0 Å². The third-order valence-corrected chi connectivity index (χ3v) is 4.45. The van der Waals surface area contributed by atoms with Gasteiger partial charge in [-0.25, -0.2) is 4.39 Å². The molecule has 0 fully saturated rings. The number of halogens is 1. The third kappa shape index (κ3) is 4.40. The van der Waals surface area contributed by atoms with Gasteiger partial charge in [0, 0.05) is 31.6 Å². The second-order valence-corrected chi connectivity index (χ2v) is 6.51. The van der Waals surface area contributed by atoms with Crippen molar-refractivity contribution in [2.24, 2.45) is 10.2 Å². The Morgan fingerprint density at radius 3 is 2.40 bits per heavy atom. The number of aryl methyl sites for hydroxylation is 1. The second-order valence-electron chi connectivity index (χ2n) is 5.12. The number of azo groups is 1. The molecule has 0 atom stereocenters. The average Bonchev–Trinajstić information content (AvgIpc) is 3.02. The third-order valence-electron chi connectivity index (χ3n) is 3.57. The van der Waals surface area contributed by atoms with Crippen LogP contribution in [-0.2, 0) is 16.5 Å². The van der Waals surface area contributed by atoms with Crippen molar-refractivity contribution >= 4 is 27.3 Å². The molecular formula is C15H19FN4O4S. The van der Waals surface area contributed by atoms with E-state index in [0.717, 1.165) is 12.1 Å². The molecular weight excluding hydrogens is 351 g/mol. The summed E-state index contributed by atoms with van der Waals surface area (Å²) in [6.45, 7) is 6.41. The lowest BCUT2D eigenvalue weighted by Gasteiger charge is -2.22. The minimum absolute atomic E-state index is 0.0614. The monoisotopic (exact) mass is 370 g/mol. The summed E-state index contributed by atoms with van der Waals surface area (Å²) < 4.78 is 52.1. The molecule has 1 heterocycles. The predicted octanol–water partition coefficient (Wildman–Crippen LogP) is 3.88. The van der Waals surface area contributed by atoms with Gasteiger partial charge in [-0.05, 0) is 19.9 Å². The van der Waals surface area contributed by atoms with Crippen LogP contribution in [0, 0.1) is 5.82 Å². The highest BCUT2D eigenvalue weighted by atomic mass is 32.2. The molecule has 1 N–H and O–H groups in total. The Kier molecular flexibility index (Phi) is 5.85. The highest BCUT2D eigenvalue weighted by molar-refractivity contribution is 7.86. The lowest BCUT2D eigenvalue weighted by atomic mass is 10.2. The molecule has 0 saturated heterocycles. The Hall–Kier alpha value is -2.33. The molecule has 0 aliphatic rings. The molecule has 0 aliphatic carbocycles. The molecule has 2 aromatic rings. The van der Waals surface area contributed by atoms with Crippen molar-refractivity contribution in [1.29, 1.82) is 0 Å². The first-order chi connectivity index (χ1) is 11.8. The van der Waals surface area contributed by atoms with E-state index in [1.807, 2.05) is 6.92 Å². The van der Waals surface area contributed by atoms with Crippen molar-refractivity contribution in [3.63, 3.8) is 0 Å². The number of aromatic nitrogens is 1. The maximum Gasteiger partial charge on any atom is 0.296 e. The molecule has 0 bridgehead atoms. The van der Waals surface area contributed by atoms with Crippen LogP contribution in [-0.4, -0.2) is 31.2 Å². The Bertz CT molecular complexity index is 876. The SMILES string of the molecule is CCc1cc(N=Nc2cc(F)c(N(CC)CC)cc2S(=O)(=O)O)no1. The van der Waals surface area contributed by atoms with Crippen LogP contribution in [0.15, 0.2) is 37.8 Å². The van der Waals surface area contributed by atoms with Gasteiger partial charge in [0.05, 0.1) is 5.69 Å². The molecule has 136 valence electrons. The fourth-order valence-electron chi connectivity index (χ4n) is 2.24. The molecule has 2 rings (SSSR count). The van der Waals surface area contributed by atoms with Gasteiger partial charge < -0.3 is 9.42 Å². The normalized spacial score (nSPS) is 12.0. The number of rotatable bonds is 7. The van der Waals surface area contributed by atoms with Crippen LogP contribution in [0.3, 0.4) is 0 Å². The topological polar surface area (TPSA) is 108 Å². The summed E-state index contributed by atoms with van der Waals surface area (Å²) in [5.41, 5.74) is -0.261. The lowest BCUT2D eigenvalue weighted by Crippen LogP contribution is -2.23. The summed E-state index contributed by atoms with van der Waals surface area (Å²) in [5.74, 6) is 0.0258. The summed E-state index contributed by atoms with van der Waals surface area (Å²) >= 11 is 0. The molecule has 1 aromatic heterocycles. The second kappa shape index (κ2) is 7.70. The molecule has 0 spiro atoms. The highest BCUT2D eigenvalue weighted by Crippen LogP contribution is 2.33. The maximum atomic E-state index is 14.4. The van der Waals surface area contributed by atoms with E-state index in [-0.39, 0.29) is 17.2 Å². The number of hydrogen-bond donors (Lipinski definition) is 1. The van der Waals surface area contributed by atoms with Crippen molar-refractivity contribution in [3.05, 3.63) is 29.8 Å². The maximum absolute atomic E-state index is 14.4. The van der Waals surface area contributed by atoms with Crippen molar-refractivity contribution in [2.75, 3.05) is 18.0 Å². The largest absolute Gasteiger partial charge is 0.370 e. The zero-order valence-electron chi connectivity index (χ0n) is 14.1. The molecule has 10 heteroatoms. The van der Waals surface area contributed by atoms with Gasteiger partial charge in [0.15, 0.2) is 0 Å². The van der Waals surface area contributed by atoms with E-state index in [4.69, 9.17) is 4.52 Å². The van der Waals surface area contributed by atoms with E-state index < -0.39 is 20.8 Å². The standard InChI is InChI=1S/C15H19FN4O4S/c1-4-10-7-15(19-24-10)18-17-12-8-11(16)13(20(5-2)6-3)9-14(12)25(21,22)23/h7-9H,4-6H2,1-3H3,(H,21,22,23). The summed E-state index contributed by atoms with van der Waals surface area (Å²) in [6, 6.07) is 3.49. The van der Waals surface area contributed by atoms with Crippen LogP contribution in [0.4, 0.5) is 21.6 Å². The van der Waals surface area contributed by atoms with Gasteiger partial charge in [0.25, 0.3) is 10.1 Å². The van der Waals surface area contributed by atoms with Crippen molar-refractivity contribution in [3.8, 4) is 0 Å².